The first kappa shape index (κ1) is 20.3. The van der Waals surface area contributed by atoms with E-state index in [1.54, 1.807) is 13.0 Å². The molecule has 1 aromatic carbocycles. The van der Waals surface area contributed by atoms with E-state index in [-0.39, 0.29) is 22.1 Å². The van der Waals surface area contributed by atoms with Gasteiger partial charge in [-0.3, -0.25) is 0 Å². The molecule has 0 aliphatic heterocycles. The van der Waals surface area contributed by atoms with Gasteiger partial charge in [0.15, 0.2) is 0 Å². The van der Waals surface area contributed by atoms with Crippen LogP contribution >= 0.6 is 0 Å². The number of rotatable bonds is 3. The number of phenols is 1. The van der Waals surface area contributed by atoms with Crippen LogP contribution in [0.5, 0.6) is 11.5 Å². The number of carbonyl (C=O) groups is 1. The van der Waals surface area contributed by atoms with Crippen molar-refractivity contribution in [3.8, 4) is 11.5 Å². The second-order valence-corrected chi connectivity index (χ2v) is 10.3. The number of aryl methyl sites for hydroxylation is 1. The number of fused-ring (bicyclic) bond motifs is 3. The molecule has 0 aromatic heterocycles. The summed E-state index contributed by atoms with van der Waals surface area (Å²) in [5.41, 5.74) is 0.411. The van der Waals surface area contributed by atoms with E-state index in [9.17, 15) is 15.0 Å². The molecule has 4 rings (SSSR count). The van der Waals surface area contributed by atoms with Crippen LogP contribution in [0.1, 0.15) is 62.9 Å². The molecule has 158 valence electrons. The molecule has 0 spiro atoms. The lowest BCUT2D eigenvalue weighted by atomic mass is 9.44. The van der Waals surface area contributed by atoms with Gasteiger partial charge in [0, 0.05) is 11.5 Å². The SMILES string of the molecule is COc1cc(C)c(C(=O)O[C@@H]2C[C@]3(C)C4CC(C)(C)CC4C=C(C)[C@]23O)c(O)c1. The Bertz CT molecular complexity index is 878. The van der Waals surface area contributed by atoms with Gasteiger partial charge in [0.1, 0.15) is 28.8 Å². The number of aliphatic hydroxyl groups is 1. The van der Waals surface area contributed by atoms with Crippen molar-refractivity contribution in [3.63, 3.8) is 0 Å². The quantitative estimate of drug-likeness (QED) is 0.581. The molecule has 0 bridgehead atoms. The number of esters is 1. The lowest BCUT2D eigenvalue weighted by Gasteiger charge is -2.65. The highest BCUT2D eigenvalue weighted by Gasteiger charge is 2.71. The van der Waals surface area contributed by atoms with Crippen LogP contribution in [-0.2, 0) is 4.74 Å². The largest absolute Gasteiger partial charge is 0.507 e. The molecular formula is C24H32O5. The molecule has 5 atom stereocenters. The van der Waals surface area contributed by atoms with Crippen LogP contribution < -0.4 is 4.74 Å². The number of allylic oxidation sites excluding steroid dienone is 1. The molecule has 2 N–H and O–H groups in total. The van der Waals surface area contributed by atoms with Gasteiger partial charge in [0.25, 0.3) is 0 Å². The third kappa shape index (κ3) is 2.73. The molecule has 2 saturated carbocycles. The summed E-state index contributed by atoms with van der Waals surface area (Å²) in [6, 6.07) is 3.09. The molecule has 0 heterocycles. The zero-order valence-electron chi connectivity index (χ0n) is 18.2. The number of phenolic OH excluding ortho intramolecular Hbond substituents is 1. The highest BCUT2D eigenvalue weighted by molar-refractivity contribution is 5.94. The fraction of sp³-hybridized carbons (Fsp3) is 0.625. The summed E-state index contributed by atoms with van der Waals surface area (Å²) in [7, 11) is 1.51. The van der Waals surface area contributed by atoms with Crippen molar-refractivity contribution in [2.75, 3.05) is 7.11 Å². The minimum Gasteiger partial charge on any atom is -0.507 e. The molecule has 3 aliphatic rings. The van der Waals surface area contributed by atoms with E-state index in [0.29, 0.717) is 29.6 Å². The van der Waals surface area contributed by atoms with Gasteiger partial charge in [-0.15, -0.1) is 0 Å². The number of ether oxygens (including phenoxy) is 2. The maximum atomic E-state index is 12.9. The van der Waals surface area contributed by atoms with E-state index < -0.39 is 17.7 Å². The molecule has 0 amide bonds. The van der Waals surface area contributed by atoms with Gasteiger partial charge >= 0.3 is 5.97 Å². The van der Waals surface area contributed by atoms with Crippen molar-refractivity contribution in [2.45, 2.75) is 65.6 Å². The highest BCUT2D eigenvalue weighted by Crippen LogP contribution is 2.68. The second kappa shape index (κ2) is 6.24. The Morgan fingerprint density at radius 3 is 2.45 bits per heavy atom. The van der Waals surface area contributed by atoms with Crippen molar-refractivity contribution >= 4 is 5.97 Å². The normalized spacial score (nSPS) is 37.1. The van der Waals surface area contributed by atoms with Gasteiger partial charge in [0.05, 0.1) is 7.11 Å². The third-order valence-corrected chi connectivity index (χ3v) is 7.88. The molecule has 5 nitrogen and oxygen atoms in total. The molecule has 29 heavy (non-hydrogen) atoms. The van der Waals surface area contributed by atoms with Gasteiger partial charge in [-0.2, -0.15) is 0 Å². The summed E-state index contributed by atoms with van der Waals surface area (Å²) in [6.07, 6.45) is 4.43. The molecular weight excluding hydrogens is 368 g/mol. The van der Waals surface area contributed by atoms with E-state index in [4.69, 9.17) is 9.47 Å². The van der Waals surface area contributed by atoms with Crippen LogP contribution in [0, 0.1) is 29.6 Å². The predicted molar refractivity (Wildman–Crippen MR) is 110 cm³/mol. The Labute approximate surface area is 172 Å². The summed E-state index contributed by atoms with van der Waals surface area (Å²) in [6.45, 7) is 10.4. The second-order valence-electron chi connectivity index (χ2n) is 10.3. The molecule has 0 saturated heterocycles. The average Bonchev–Trinajstić information content (AvgIpc) is 2.93. The number of benzene rings is 1. The Kier molecular flexibility index (Phi) is 4.36. The van der Waals surface area contributed by atoms with Crippen molar-refractivity contribution in [1.29, 1.82) is 0 Å². The van der Waals surface area contributed by atoms with Crippen LogP contribution in [0.25, 0.3) is 0 Å². The molecule has 1 aromatic rings. The summed E-state index contributed by atoms with van der Waals surface area (Å²) in [4.78, 5) is 12.9. The van der Waals surface area contributed by atoms with Crippen molar-refractivity contribution in [1.82, 2.24) is 0 Å². The van der Waals surface area contributed by atoms with Gasteiger partial charge in [-0.25, -0.2) is 4.79 Å². The molecule has 3 aliphatic carbocycles. The number of hydrogen-bond donors (Lipinski definition) is 2. The van der Waals surface area contributed by atoms with E-state index in [0.717, 1.165) is 18.4 Å². The Balaban J connectivity index is 1.60. The minimum absolute atomic E-state index is 0.125. The smallest absolute Gasteiger partial charge is 0.342 e. The molecule has 0 radical (unpaired) electrons. The molecule has 2 unspecified atom stereocenters. The van der Waals surface area contributed by atoms with Crippen molar-refractivity contribution in [2.24, 2.45) is 22.7 Å². The Hall–Kier alpha value is -2.01. The fourth-order valence-electron chi connectivity index (χ4n) is 6.43. The van der Waals surface area contributed by atoms with Crippen LogP contribution in [0.15, 0.2) is 23.8 Å². The van der Waals surface area contributed by atoms with Crippen molar-refractivity contribution in [3.05, 3.63) is 34.9 Å². The first-order valence-electron chi connectivity index (χ1n) is 10.4. The summed E-state index contributed by atoms with van der Waals surface area (Å²) in [5.74, 6) is 0.559. The minimum atomic E-state index is -1.15. The maximum Gasteiger partial charge on any atom is 0.342 e. The number of hydrogen-bond acceptors (Lipinski definition) is 5. The monoisotopic (exact) mass is 400 g/mol. The maximum absolute atomic E-state index is 12.9. The number of methoxy groups -OCH3 is 1. The highest BCUT2D eigenvalue weighted by atomic mass is 16.6. The van der Waals surface area contributed by atoms with E-state index in [1.807, 2.05) is 6.92 Å². The topological polar surface area (TPSA) is 76.0 Å². The lowest BCUT2D eigenvalue weighted by Crippen LogP contribution is -2.72. The first-order chi connectivity index (χ1) is 13.4. The number of carbonyl (C=O) groups excluding carboxylic acids is 1. The predicted octanol–water partition coefficient (Wildman–Crippen LogP) is 4.39. The van der Waals surface area contributed by atoms with Gasteiger partial charge in [0.2, 0.25) is 0 Å². The van der Waals surface area contributed by atoms with E-state index >= 15 is 0 Å². The Morgan fingerprint density at radius 1 is 1.14 bits per heavy atom. The summed E-state index contributed by atoms with van der Waals surface area (Å²) < 4.78 is 10.9. The lowest BCUT2D eigenvalue weighted by molar-refractivity contribution is -0.247. The summed E-state index contributed by atoms with van der Waals surface area (Å²) >= 11 is 0. The van der Waals surface area contributed by atoms with Gasteiger partial charge in [-0.1, -0.05) is 26.8 Å². The zero-order valence-corrected chi connectivity index (χ0v) is 18.2. The van der Waals surface area contributed by atoms with Gasteiger partial charge in [-0.05, 0) is 67.6 Å². The summed E-state index contributed by atoms with van der Waals surface area (Å²) in [5, 5.41) is 22.0. The Morgan fingerprint density at radius 2 is 1.83 bits per heavy atom. The molecule has 2 fully saturated rings. The molecule has 5 heteroatoms. The number of aromatic hydroxyl groups is 1. The van der Waals surface area contributed by atoms with E-state index in [1.165, 1.54) is 13.2 Å². The third-order valence-electron chi connectivity index (χ3n) is 7.88. The van der Waals surface area contributed by atoms with Crippen LogP contribution in [-0.4, -0.2) is 35.0 Å². The average molecular weight is 401 g/mol. The van der Waals surface area contributed by atoms with Crippen LogP contribution in [0.2, 0.25) is 0 Å². The van der Waals surface area contributed by atoms with Crippen LogP contribution in [0.3, 0.4) is 0 Å². The first-order valence-corrected chi connectivity index (χ1v) is 10.4. The van der Waals surface area contributed by atoms with E-state index in [2.05, 4.69) is 26.8 Å². The van der Waals surface area contributed by atoms with Gasteiger partial charge < -0.3 is 19.7 Å². The standard InChI is InChI=1S/C24H32O5/c1-13-7-16(28-6)9-18(25)20(13)21(26)29-19-12-23(5)17-11-22(3,4)10-15(17)8-14(2)24(19,23)27/h7-9,15,17,19,25,27H,10-12H2,1-6H3/t15?,17?,19-,23-,24+/m1/s1. The van der Waals surface area contributed by atoms with Crippen LogP contribution in [0.4, 0.5) is 0 Å². The van der Waals surface area contributed by atoms with Crippen molar-refractivity contribution < 1.29 is 24.5 Å². The zero-order chi connectivity index (χ0) is 21.4. The fourth-order valence-corrected chi connectivity index (χ4v) is 6.43.